The molecule has 3 rings (SSSR count). The Hall–Kier alpha value is -1.38. The van der Waals surface area contributed by atoms with Crippen LogP contribution in [0.4, 0.5) is 0 Å². The summed E-state index contributed by atoms with van der Waals surface area (Å²) in [5, 5.41) is 16.7. The number of hydrogen-bond donors (Lipinski definition) is 2. The van der Waals surface area contributed by atoms with Crippen molar-refractivity contribution < 1.29 is 5.11 Å². The molecule has 2 N–H and O–H groups in total. The van der Waals surface area contributed by atoms with E-state index in [1.165, 1.54) is 41.2 Å². The van der Waals surface area contributed by atoms with Gasteiger partial charge in [0, 0.05) is 6.54 Å². The highest BCUT2D eigenvalue weighted by Crippen LogP contribution is 2.34. The first-order valence-electron chi connectivity index (χ1n) is 9.09. The minimum Gasteiger partial charge on any atom is -0.387 e. The summed E-state index contributed by atoms with van der Waals surface area (Å²) in [6.45, 7) is 6.07. The van der Waals surface area contributed by atoms with Gasteiger partial charge in [0.25, 0.3) is 0 Å². The van der Waals surface area contributed by atoms with Crippen molar-refractivity contribution in [2.24, 2.45) is 5.92 Å². The Morgan fingerprint density at radius 2 is 1.83 bits per heavy atom. The molecule has 0 aromatic heterocycles. The second-order valence-corrected chi connectivity index (χ2v) is 7.26. The van der Waals surface area contributed by atoms with Gasteiger partial charge in [-0.3, -0.25) is 0 Å². The van der Waals surface area contributed by atoms with Crippen LogP contribution in [0.25, 0.3) is 10.8 Å². The lowest BCUT2D eigenvalue weighted by Gasteiger charge is -2.23. The smallest absolute Gasteiger partial charge is 0.0920 e. The van der Waals surface area contributed by atoms with Gasteiger partial charge in [-0.25, -0.2) is 0 Å². The van der Waals surface area contributed by atoms with Crippen molar-refractivity contribution in [3.8, 4) is 0 Å². The summed E-state index contributed by atoms with van der Waals surface area (Å²) in [5.41, 5.74) is 4.06. The van der Waals surface area contributed by atoms with Gasteiger partial charge in [-0.2, -0.15) is 0 Å². The zero-order chi connectivity index (χ0) is 16.2. The van der Waals surface area contributed by atoms with Crippen LogP contribution in [0, 0.1) is 5.92 Å². The summed E-state index contributed by atoms with van der Waals surface area (Å²) in [6, 6.07) is 10.9. The van der Waals surface area contributed by atoms with Gasteiger partial charge in [-0.15, -0.1) is 0 Å². The Labute approximate surface area is 139 Å². The van der Waals surface area contributed by atoms with Crippen LogP contribution >= 0.6 is 0 Å². The molecule has 2 aromatic rings. The number of aryl methyl sites for hydroxylation is 2. The lowest BCUT2D eigenvalue weighted by Crippen LogP contribution is -2.24. The van der Waals surface area contributed by atoms with Crippen molar-refractivity contribution in [2.45, 2.75) is 52.1 Å². The maximum atomic E-state index is 10.7. The van der Waals surface area contributed by atoms with Gasteiger partial charge >= 0.3 is 0 Å². The van der Waals surface area contributed by atoms with Crippen molar-refractivity contribution in [3.05, 3.63) is 47.0 Å². The minimum atomic E-state index is -0.431. The Kier molecular flexibility index (Phi) is 5.34. The van der Waals surface area contributed by atoms with Crippen LogP contribution in [0.3, 0.4) is 0 Å². The van der Waals surface area contributed by atoms with E-state index in [4.69, 9.17) is 0 Å². The van der Waals surface area contributed by atoms with E-state index in [9.17, 15) is 5.11 Å². The summed E-state index contributed by atoms with van der Waals surface area (Å²) in [4.78, 5) is 0. The second-order valence-electron chi connectivity index (χ2n) is 7.26. The number of nitrogens with one attached hydrogen (secondary N) is 1. The molecule has 0 radical (unpaired) electrons. The molecule has 0 bridgehead atoms. The summed E-state index contributed by atoms with van der Waals surface area (Å²) in [7, 11) is 0. The zero-order valence-electron chi connectivity index (χ0n) is 14.4. The van der Waals surface area contributed by atoms with Gasteiger partial charge in [0.2, 0.25) is 0 Å². The third-order valence-electron chi connectivity index (χ3n) is 5.00. The Morgan fingerprint density at radius 3 is 2.61 bits per heavy atom. The molecular weight excluding hydrogens is 282 g/mol. The molecule has 2 heteroatoms. The summed E-state index contributed by atoms with van der Waals surface area (Å²) < 4.78 is 0. The highest BCUT2D eigenvalue weighted by Gasteiger charge is 2.18. The van der Waals surface area contributed by atoms with Crippen molar-refractivity contribution in [1.29, 1.82) is 0 Å². The van der Waals surface area contributed by atoms with E-state index >= 15 is 0 Å². The molecule has 124 valence electrons. The van der Waals surface area contributed by atoms with E-state index in [-0.39, 0.29) is 0 Å². The number of benzene rings is 2. The van der Waals surface area contributed by atoms with Crippen molar-refractivity contribution in [3.63, 3.8) is 0 Å². The summed E-state index contributed by atoms with van der Waals surface area (Å²) in [5.74, 6) is 0.698. The highest BCUT2D eigenvalue weighted by atomic mass is 16.3. The van der Waals surface area contributed by atoms with Crippen molar-refractivity contribution in [1.82, 2.24) is 5.32 Å². The molecule has 2 aromatic carbocycles. The van der Waals surface area contributed by atoms with Crippen LogP contribution < -0.4 is 5.32 Å². The van der Waals surface area contributed by atoms with E-state index in [1.807, 2.05) is 0 Å². The maximum Gasteiger partial charge on any atom is 0.0920 e. The fraction of sp³-hybridized carbons (Fsp3) is 0.524. The molecule has 0 fully saturated rings. The van der Waals surface area contributed by atoms with Crippen LogP contribution in [0.1, 0.15) is 55.9 Å². The van der Waals surface area contributed by atoms with E-state index in [0.717, 1.165) is 24.9 Å². The Bertz CT molecular complexity index is 662. The molecule has 0 spiro atoms. The highest BCUT2D eigenvalue weighted by molar-refractivity contribution is 5.90. The SMILES string of the molecule is CC(C)CCNCC(O)c1cc2c(c3ccccc13)CCCC2. The summed E-state index contributed by atoms with van der Waals surface area (Å²) >= 11 is 0. The van der Waals surface area contributed by atoms with Crippen LogP contribution in [0.15, 0.2) is 30.3 Å². The molecular formula is C21H29NO. The topological polar surface area (TPSA) is 32.3 Å². The third-order valence-corrected chi connectivity index (χ3v) is 5.00. The van der Waals surface area contributed by atoms with Crippen LogP contribution in [-0.2, 0) is 12.8 Å². The van der Waals surface area contributed by atoms with E-state index in [1.54, 1.807) is 0 Å². The minimum absolute atomic E-state index is 0.431. The normalized spacial score (nSPS) is 15.8. The largest absolute Gasteiger partial charge is 0.387 e. The number of aliphatic hydroxyl groups is 1. The molecule has 1 unspecified atom stereocenters. The Morgan fingerprint density at radius 1 is 1.09 bits per heavy atom. The van der Waals surface area contributed by atoms with Gasteiger partial charge in [-0.1, -0.05) is 44.2 Å². The number of hydrogen-bond acceptors (Lipinski definition) is 2. The predicted molar refractivity (Wildman–Crippen MR) is 97.9 cm³/mol. The molecule has 23 heavy (non-hydrogen) atoms. The number of aliphatic hydroxyl groups excluding tert-OH is 1. The van der Waals surface area contributed by atoms with Gasteiger partial charge in [-0.05, 0) is 72.0 Å². The molecule has 2 nitrogen and oxygen atoms in total. The fourth-order valence-electron chi connectivity index (χ4n) is 3.67. The first-order chi connectivity index (χ1) is 11.2. The maximum absolute atomic E-state index is 10.7. The molecule has 0 amide bonds. The van der Waals surface area contributed by atoms with Gasteiger partial charge in [0.05, 0.1) is 6.10 Å². The average Bonchev–Trinajstić information content (AvgIpc) is 2.57. The van der Waals surface area contributed by atoms with Gasteiger partial charge in [0.1, 0.15) is 0 Å². The first-order valence-corrected chi connectivity index (χ1v) is 9.09. The number of rotatable bonds is 6. The molecule has 0 aliphatic heterocycles. The fourth-order valence-corrected chi connectivity index (χ4v) is 3.67. The monoisotopic (exact) mass is 311 g/mol. The lowest BCUT2D eigenvalue weighted by atomic mass is 9.84. The average molecular weight is 311 g/mol. The van der Waals surface area contributed by atoms with Gasteiger partial charge in [0.15, 0.2) is 0 Å². The molecule has 1 aliphatic carbocycles. The van der Waals surface area contributed by atoms with Crippen LogP contribution in [0.5, 0.6) is 0 Å². The standard InChI is InChI=1S/C21H29NO/c1-15(2)11-12-22-14-21(23)20-13-16-7-3-4-8-17(16)18-9-5-6-10-19(18)20/h5-6,9-10,13,15,21-23H,3-4,7-8,11-12,14H2,1-2H3. The molecule has 1 atom stereocenters. The summed E-state index contributed by atoms with van der Waals surface area (Å²) in [6.07, 6.45) is 5.61. The second kappa shape index (κ2) is 7.46. The third kappa shape index (κ3) is 3.76. The van der Waals surface area contributed by atoms with Gasteiger partial charge < -0.3 is 10.4 Å². The Balaban J connectivity index is 1.85. The molecule has 0 saturated heterocycles. The molecule has 1 aliphatic rings. The van der Waals surface area contributed by atoms with E-state index in [0.29, 0.717) is 12.5 Å². The van der Waals surface area contributed by atoms with Crippen molar-refractivity contribution in [2.75, 3.05) is 13.1 Å². The van der Waals surface area contributed by atoms with E-state index < -0.39 is 6.10 Å². The van der Waals surface area contributed by atoms with E-state index in [2.05, 4.69) is 49.5 Å². The van der Waals surface area contributed by atoms with Crippen molar-refractivity contribution >= 4 is 10.8 Å². The predicted octanol–water partition coefficient (Wildman–Crippen LogP) is 4.39. The van der Waals surface area contributed by atoms with Crippen LogP contribution in [-0.4, -0.2) is 18.2 Å². The quantitative estimate of drug-likeness (QED) is 0.776. The number of fused-ring (bicyclic) bond motifs is 3. The molecule has 0 saturated carbocycles. The molecule has 0 heterocycles. The lowest BCUT2D eigenvalue weighted by molar-refractivity contribution is 0.175. The zero-order valence-corrected chi connectivity index (χ0v) is 14.4. The first kappa shape index (κ1) is 16.5. The van der Waals surface area contributed by atoms with Crippen LogP contribution in [0.2, 0.25) is 0 Å².